The molecule has 0 bridgehead atoms. The SMILES string of the molecule is CNC(=S)C1(c2ccccc2)CCCC=C1NOCc1ccc(F)cc1. The summed E-state index contributed by atoms with van der Waals surface area (Å²) >= 11 is 5.72. The molecule has 0 saturated carbocycles. The van der Waals surface area contributed by atoms with Gasteiger partial charge >= 0.3 is 0 Å². The lowest BCUT2D eigenvalue weighted by Crippen LogP contribution is -2.48. The van der Waals surface area contributed by atoms with Crippen molar-refractivity contribution in [2.45, 2.75) is 31.3 Å². The zero-order chi connectivity index (χ0) is 18.4. The lowest BCUT2D eigenvalue weighted by molar-refractivity contribution is 0.0409. The van der Waals surface area contributed by atoms with Gasteiger partial charge in [-0.25, -0.2) is 4.39 Å². The molecule has 0 amide bonds. The molecule has 0 saturated heterocycles. The van der Waals surface area contributed by atoms with Crippen molar-refractivity contribution < 1.29 is 9.23 Å². The quantitative estimate of drug-likeness (QED) is 0.583. The molecule has 2 aromatic carbocycles. The van der Waals surface area contributed by atoms with Crippen LogP contribution in [0, 0.1) is 5.82 Å². The first-order valence-corrected chi connectivity index (χ1v) is 9.18. The summed E-state index contributed by atoms with van der Waals surface area (Å²) in [5.74, 6) is -0.251. The highest BCUT2D eigenvalue weighted by Crippen LogP contribution is 2.40. The maximum absolute atomic E-state index is 13.0. The van der Waals surface area contributed by atoms with Gasteiger partial charge in [-0.2, -0.15) is 0 Å². The van der Waals surface area contributed by atoms with Gasteiger partial charge in [0.15, 0.2) is 0 Å². The molecule has 5 heteroatoms. The van der Waals surface area contributed by atoms with Crippen LogP contribution in [0.15, 0.2) is 66.4 Å². The van der Waals surface area contributed by atoms with Crippen molar-refractivity contribution in [1.82, 2.24) is 10.8 Å². The highest BCUT2D eigenvalue weighted by molar-refractivity contribution is 7.80. The number of nitrogens with one attached hydrogen (secondary N) is 2. The molecule has 1 atom stereocenters. The Morgan fingerprint density at radius 3 is 2.58 bits per heavy atom. The van der Waals surface area contributed by atoms with E-state index in [1.54, 1.807) is 12.1 Å². The van der Waals surface area contributed by atoms with E-state index in [0.29, 0.717) is 6.61 Å². The highest BCUT2D eigenvalue weighted by atomic mass is 32.1. The van der Waals surface area contributed by atoms with E-state index in [4.69, 9.17) is 17.1 Å². The smallest absolute Gasteiger partial charge is 0.123 e. The van der Waals surface area contributed by atoms with Gasteiger partial charge < -0.3 is 5.32 Å². The van der Waals surface area contributed by atoms with E-state index in [9.17, 15) is 4.39 Å². The first-order chi connectivity index (χ1) is 12.7. The van der Waals surface area contributed by atoms with Gasteiger partial charge in [0, 0.05) is 7.05 Å². The van der Waals surface area contributed by atoms with E-state index in [1.807, 2.05) is 25.2 Å². The predicted octanol–water partition coefficient (Wildman–Crippen LogP) is 4.40. The lowest BCUT2D eigenvalue weighted by Gasteiger charge is -2.39. The van der Waals surface area contributed by atoms with Crippen LogP contribution in [0.5, 0.6) is 0 Å². The zero-order valence-corrected chi connectivity index (χ0v) is 15.6. The van der Waals surface area contributed by atoms with Crippen LogP contribution in [0.1, 0.15) is 30.4 Å². The third-order valence-corrected chi connectivity index (χ3v) is 5.33. The summed E-state index contributed by atoms with van der Waals surface area (Å²) in [7, 11) is 1.86. The first kappa shape index (κ1) is 18.5. The maximum Gasteiger partial charge on any atom is 0.123 e. The molecule has 2 aromatic rings. The summed E-state index contributed by atoms with van der Waals surface area (Å²) in [5.41, 5.74) is 5.70. The minimum atomic E-state index is -0.424. The second-order valence-electron chi connectivity index (χ2n) is 6.38. The highest BCUT2D eigenvalue weighted by Gasteiger charge is 2.41. The van der Waals surface area contributed by atoms with Crippen molar-refractivity contribution in [1.29, 1.82) is 0 Å². The molecule has 0 radical (unpaired) electrons. The van der Waals surface area contributed by atoms with E-state index in [0.717, 1.165) is 41.1 Å². The van der Waals surface area contributed by atoms with Crippen LogP contribution >= 0.6 is 12.2 Å². The van der Waals surface area contributed by atoms with Crippen LogP contribution in [-0.4, -0.2) is 12.0 Å². The molecular weight excluding hydrogens is 347 g/mol. The average molecular weight is 370 g/mol. The van der Waals surface area contributed by atoms with Gasteiger partial charge in [0.1, 0.15) is 5.82 Å². The maximum atomic E-state index is 13.0. The Labute approximate surface area is 159 Å². The molecule has 0 heterocycles. The fourth-order valence-electron chi connectivity index (χ4n) is 3.43. The van der Waals surface area contributed by atoms with Gasteiger partial charge in [-0.3, -0.25) is 10.3 Å². The number of allylic oxidation sites excluding steroid dienone is 1. The van der Waals surface area contributed by atoms with E-state index in [-0.39, 0.29) is 5.82 Å². The second kappa shape index (κ2) is 8.43. The lowest BCUT2D eigenvalue weighted by atomic mass is 9.70. The standard InChI is InChI=1S/C21H23FN2OS/c1-23-20(26)21(17-7-3-2-4-8-17)14-6-5-9-19(21)24-25-15-16-10-12-18(22)13-11-16/h2-4,7-13,24H,5-6,14-15H2,1H3,(H,23,26). The average Bonchev–Trinajstić information content (AvgIpc) is 2.70. The first-order valence-electron chi connectivity index (χ1n) is 8.77. The van der Waals surface area contributed by atoms with Crippen LogP contribution in [0.3, 0.4) is 0 Å². The Morgan fingerprint density at radius 1 is 1.15 bits per heavy atom. The van der Waals surface area contributed by atoms with Crippen molar-refractivity contribution in [2.24, 2.45) is 0 Å². The van der Waals surface area contributed by atoms with Gasteiger partial charge in [-0.1, -0.05) is 60.8 Å². The predicted molar refractivity (Wildman–Crippen MR) is 106 cm³/mol. The summed E-state index contributed by atoms with van der Waals surface area (Å²) < 4.78 is 13.0. The van der Waals surface area contributed by atoms with Crippen molar-refractivity contribution in [2.75, 3.05) is 7.05 Å². The fourth-order valence-corrected chi connectivity index (χ4v) is 3.76. The number of hydrogen-bond donors (Lipinski definition) is 2. The van der Waals surface area contributed by atoms with Crippen LogP contribution in [0.2, 0.25) is 0 Å². The van der Waals surface area contributed by atoms with Gasteiger partial charge in [0.05, 0.1) is 22.7 Å². The summed E-state index contributed by atoms with van der Waals surface area (Å²) in [6.07, 6.45) is 5.10. The fraction of sp³-hybridized carbons (Fsp3) is 0.286. The molecule has 1 unspecified atom stereocenters. The Bertz CT molecular complexity index is 776. The minimum Gasteiger partial charge on any atom is -0.382 e. The van der Waals surface area contributed by atoms with Crippen molar-refractivity contribution in [3.63, 3.8) is 0 Å². The normalized spacial score (nSPS) is 19.5. The summed E-state index contributed by atoms with van der Waals surface area (Å²) in [6, 6.07) is 16.6. The largest absolute Gasteiger partial charge is 0.382 e. The number of likely N-dealkylation sites (N-methyl/N-ethyl adjacent to an activating group) is 1. The third-order valence-electron chi connectivity index (χ3n) is 4.78. The van der Waals surface area contributed by atoms with Gasteiger partial charge in [0.2, 0.25) is 0 Å². The molecule has 0 spiro atoms. The number of halogens is 1. The zero-order valence-electron chi connectivity index (χ0n) is 14.8. The number of benzene rings is 2. The minimum absolute atomic E-state index is 0.251. The van der Waals surface area contributed by atoms with Crippen molar-refractivity contribution in [3.8, 4) is 0 Å². The third kappa shape index (κ3) is 3.79. The topological polar surface area (TPSA) is 33.3 Å². The molecule has 136 valence electrons. The summed E-state index contributed by atoms with van der Waals surface area (Å²) in [5, 5.41) is 3.17. The molecule has 0 fully saturated rings. The number of hydroxylamine groups is 1. The Balaban J connectivity index is 1.81. The number of hydrogen-bond acceptors (Lipinski definition) is 3. The van der Waals surface area contributed by atoms with E-state index < -0.39 is 5.41 Å². The molecule has 0 aliphatic heterocycles. The molecule has 26 heavy (non-hydrogen) atoms. The van der Waals surface area contributed by atoms with Crippen molar-refractivity contribution >= 4 is 17.2 Å². The van der Waals surface area contributed by atoms with E-state index in [2.05, 4.69) is 29.0 Å². The number of rotatable bonds is 6. The van der Waals surface area contributed by atoms with Gasteiger partial charge in [0.25, 0.3) is 0 Å². The molecule has 2 N–H and O–H groups in total. The Morgan fingerprint density at radius 2 is 1.88 bits per heavy atom. The van der Waals surface area contributed by atoms with Crippen LogP contribution < -0.4 is 10.8 Å². The summed E-state index contributed by atoms with van der Waals surface area (Å²) in [4.78, 5) is 6.51. The number of thiocarbonyl (C=S) groups is 1. The molecular formula is C21H23FN2OS. The van der Waals surface area contributed by atoms with E-state index in [1.165, 1.54) is 12.1 Å². The second-order valence-corrected chi connectivity index (χ2v) is 6.79. The molecule has 3 nitrogen and oxygen atoms in total. The monoisotopic (exact) mass is 370 g/mol. The Kier molecular flexibility index (Phi) is 6.01. The van der Waals surface area contributed by atoms with E-state index >= 15 is 0 Å². The Hall–Kier alpha value is -2.24. The molecule has 1 aliphatic carbocycles. The van der Waals surface area contributed by atoms with Crippen LogP contribution in [-0.2, 0) is 16.9 Å². The molecule has 3 rings (SSSR count). The molecule has 1 aliphatic rings. The van der Waals surface area contributed by atoms with Crippen LogP contribution in [0.25, 0.3) is 0 Å². The molecule has 0 aromatic heterocycles. The van der Waals surface area contributed by atoms with Crippen LogP contribution in [0.4, 0.5) is 4.39 Å². The van der Waals surface area contributed by atoms with Gasteiger partial charge in [-0.05, 0) is 42.5 Å². The summed E-state index contributed by atoms with van der Waals surface area (Å²) in [6.45, 7) is 0.342. The van der Waals surface area contributed by atoms with Crippen molar-refractivity contribution in [3.05, 3.63) is 83.3 Å². The van der Waals surface area contributed by atoms with Gasteiger partial charge in [-0.15, -0.1) is 0 Å².